The average Bonchev–Trinajstić information content (AvgIpc) is 3.23. The summed E-state index contributed by atoms with van der Waals surface area (Å²) < 4.78 is 0. The van der Waals surface area contributed by atoms with E-state index in [2.05, 4.69) is 22.6 Å². The molecule has 5 nitrogen and oxygen atoms in total. The van der Waals surface area contributed by atoms with E-state index < -0.39 is 0 Å². The van der Waals surface area contributed by atoms with Gasteiger partial charge in [0, 0.05) is 19.3 Å². The van der Waals surface area contributed by atoms with Gasteiger partial charge in [0.15, 0.2) is 0 Å². The predicted molar refractivity (Wildman–Crippen MR) is 109 cm³/mol. The van der Waals surface area contributed by atoms with Crippen molar-refractivity contribution in [1.29, 1.82) is 0 Å². The fraction of sp³-hybridized carbons (Fsp3) is 0.348. The molecule has 5 heteroatoms. The first-order chi connectivity index (χ1) is 13.7. The molecule has 0 radical (unpaired) electrons. The SMILES string of the molecule is O=C(CCC(=O)N1CCC(c2ccccc2)=N1)NC1CCCc2ccccc21. The zero-order valence-corrected chi connectivity index (χ0v) is 15.9. The molecule has 0 aromatic heterocycles. The highest BCUT2D eigenvalue weighted by molar-refractivity contribution is 6.02. The van der Waals surface area contributed by atoms with Crippen molar-refractivity contribution in [2.45, 2.75) is 44.6 Å². The molecular formula is C23H25N3O2. The Kier molecular flexibility index (Phi) is 5.51. The summed E-state index contributed by atoms with van der Waals surface area (Å²) in [5.41, 5.74) is 4.50. The zero-order chi connectivity index (χ0) is 19.3. The Morgan fingerprint density at radius 3 is 2.64 bits per heavy atom. The van der Waals surface area contributed by atoms with Gasteiger partial charge in [-0.1, -0.05) is 54.6 Å². The Morgan fingerprint density at radius 1 is 1.00 bits per heavy atom. The quantitative estimate of drug-likeness (QED) is 0.868. The van der Waals surface area contributed by atoms with E-state index in [4.69, 9.17) is 0 Å². The smallest absolute Gasteiger partial charge is 0.243 e. The number of fused-ring (bicyclic) bond motifs is 1. The van der Waals surface area contributed by atoms with Crippen molar-refractivity contribution < 1.29 is 9.59 Å². The fourth-order valence-corrected chi connectivity index (χ4v) is 3.99. The van der Waals surface area contributed by atoms with Crippen LogP contribution in [0.2, 0.25) is 0 Å². The van der Waals surface area contributed by atoms with Gasteiger partial charge in [0.2, 0.25) is 11.8 Å². The maximum Gasteiger partial charge on any atom is 0.243 e. The lowest BCUT2D eigenvalue weighted by Gasteiger charge is -2.26. The molecule has 1 aliphatic heterocycles. The van der Waals surface area contributed by atoms with Crippen LogP contribution in [0.15, 0.2) is 59.7 Å². The number of benzene rings is 2. The predicted octanol–water partition coefficient (Wildman–Crippen LogP) is 3.60. The third kappa shape index (κ3) is 4.14. The molecule has 1 N–H and O–H groups in total. The van der Waals surface area contributed by atoms with E-state index >= 15 is 0 Å². The molecular weight excluding hydrogens is 350 g/mol. The molecule has 2 aliphatic rings. The van der Waals surface area contributed by atoms with Crippen LogP contribution in [0.5, 0.6) is 0 Å². The summed E-state index contributed by atoms with van der Waals surface area (Å²) >= 11 is 0. The summed E-state index contributed by atoms with van der Waals surface area (Å²) in [6.07, 6.45) is 4.23. The van der Waals surface area contributed by atoms with Gasteiger partial charge in [0.1, 0.15) is 0 Å². The number of hydrazone groups is 1. The summed E-state index contributed by atoms with van der Waals surface area (Å²) in [4.78, 5) is 24.9. The average molecular weight is 375 g/mol. The molecule has 0 spiro atoms. The molecule has 1 aliphatic carbocycles. The fourth-order valence-electron chi connectivity index (χ4n) is 3.99. The monoisotopic (exact) mass is 375 g/mol. The number of hydrogen-bond acceptors (Lipinski definition) is 3. The Hall–Kier alpha value is -2.95. The van der Waals surface area contributed by atoms with Crippen molar-refractivity contribution in [1.82, 2.24) is 10.3 Å². The molecule has 28 heavy (non-hydrogen) atoms. The minimum Gasteiger partial charge on any atom is -0.349 e. The molecule has 2 aromatic carbocycles. The van der Waals surface area contributed by atoms with Gasteiger partial charge < -0.3 is 5.32 Å². The highest BCUT2D eigenvalue weighted by Gasteiger charge is 2.24. The molecule has 0 saturated carbocycles. The second-order valence-corrected chi connectivity index (χ2v) is 7.39. The maximum atomic E-state index is 12.5. The number of carbonyl (C=O) groups is 2. The van der Waals surface area contributed by atoms with Gasteiger partial charge in [-0.05, 0) is 36.0 Å². The number of hydrogen-bond donors (Lipinski definition) is 1. The summed E-state index contributed by atoms with van der Waals surface area (Å²) in [7, 11) is 0. The van der Waals surface area contributed by atoms with Gasteiger partial charge in [-0.3, -0.25) is 9.59 Å². The Balaban J connectivity index is 1.30. The van der Waals surface area contributed by atoms with Gasteiger partial charge in [-0.25, -0.2) is 5.01 Å². The van der Waals surface area contributed by atoms with Crippen molar-refractivity contribution in [3.63, 3.8) is 0 Å². The van der Waals surface area contributed by atoms with Gasteiger partial charge in [0.05, 0.1) is 18.3 Å². The highest BCUT2D eigenvalue weighted by atomic mass is 16.2. The lowest BCUT2D eigenvalue weighted by molar-refractivity contribution is -0.133. The number of nitrogens with one attached hydrogen (secondary N) is 1. The second-order valence-electron chi connectivity index (χ2n) is 7.39. The number of carbonyl (C=O) groups excluding carboxylic acids is 2. The van der Waals surface area contributed by atoms with Gasteiger partial charge in [-0.2, -0.15) is 5.10 Å². The van der Waals surface area contributed by atoms with E-state index in [9.17, 15) is 9.59 Å². The van der Waals surface area contributed by atoms with Crippen LogP contribution in [0.1, 0.15) is 54.8 Å². The van der Waals surface area contributed by atoms with Crippen LogP contribution >= 0.6 is 0 Å². The molecule has 1 atom stereocenters. The lowest BCUT2D eigenvalue weighted by atomic mass is 9.87. The molecule has 0 saturated heterocycles. The van der Waals surface area contributed by atoms with Gasteiger partial charge >= 0.3 is 0 Å². The van der Waals surface area contributed by atoms with Crippen molar-refractivity contribution in [3.05, 3.63) is 71.3 Å². The van der Waals surface area contributed by atoms with Crippen molar-refractivity contribution in [2.75, 3.05) is 6.54 Å². The maximum absolute atomic E-state index is 12.5. The van der Waals surface area contributed by atoms with Gasteiger partial charge in [-0.15, -0.1) is 0 Å². The van der Waals surface area contributed by atoms with Crippen LogP contribution in [-0.4, -0.2) is 29.1 Å². The van der Waals surface area contributed by atoms with Crippen LogP contribution in [0, 0.1) is 0 Å². The van der Waals surface area contributed by atoms with E-state index in [0.717, 1.165) is 37.0 Å². The molecule has 2 aromatic rings. The standard InChI is InChI=1S/C23H25N3O2/c27-22(24-21-12-6-10-17-7-4-5-11-19(17)21)13-14-23(28)26-16-15-20(25-26)18-8-2-1-3-9-18/h1-5,7-9,11,21H,6,10,12-16H2,(H,24,27). The Labute approximate surface area is 165 Å². The third-order valence-electron chi connectivity index (χ3n) is 5.47. The second kappa shape index (κ2) is 8.38. The van der Waals surface area contributed by atoms with E-state index in [0.29, 0.717) is 6.54 Å². The number of aryl methyl sites for hydroxylation is 1. The summed E-state index contributed by atoms with van der Waals surface area (Å²) in [6, 6.07) is 18.2. The van der Waals surface area contributed by atoms with E-state index in [1.807, 2.05) is 42.5 Å². The van der Waals surface area contributed by atoms with E-state index in [1.54, 1.807) is 0 Å². The summed E-state index contributed by atoms with van der Waals surface area (Å²) in [5, 5.41) is 9.07. The zero-order valence-electron chi connectivity index (χ0n) is 15.9. The first-order valence-electron chi connectivity index (χ1n) is 10.0. The van der Waals surface area contributed by atoms with Crippen LogP contribution in [0.4, 0.5) is 0 Å². The minimum absolute atomic E-state index is 0.0574. The highest BCUT2D eigenvalue weighted by Crippen LogP contribution is 2.29. The number of rotatable bonds is 5. The first kappa shape index (κ1) is 18.4. The van der Waals surface area contributed by atoms with E-state index in [-0.39, 0.29) is 30.7 Å². The molecule has 0 bridgehead atoms. The van der Waals surface area contributed by atoms with E-state index in [1.165, 1.54) is 16.1 Å². The third-order valence-corrected chi connectivity index (χ3v) is 5.47. The Morgan fingerprint density at radius 2 is 1.79 bits per heavy atom. The molecule has 1 unspecified atom stereocenters. The molecule has 2 amide bonds. The normalized spacial score (nSPS) is 18.4. The van der Waals surface area contributed by atoms with Crippen LogP contribution in [0.25, 0.3) is 0 Å². The van der Waals surface area contributed by atoms with Crippen molar-refractivity contribution in [2.24, 2.45) is 5.10 Å². The summed E-state index contributed by atoms with van der Waals surface area (Å²) in [5.74, 6) is -0.161. The molecule has 4 rings (SSSR count). The van der Waals surface area contributed by atoms with Crippen LogP contribution < -0.4 is 5.32 Å². The molecule has 0 fully saturated rings. The largest absolute Gasteiger partial charge is 0.349 e. The first-order valence-corrected chi connectivity index (χ1v) is 10.0. The minimum atomic E-state index is -0.0925. The lowest BCUT2D eigenvalue weighted by Crippen LogP contribution is -2.32. The molecule has 1 heterocycles. The van der Waals surface area contributed by atoms with Gasteiger partial charge in [0.25, 0.3) is 0 Å². The van der Waals surface area contributed by atoms with Crippen molar-refractivity contribution in [3.8, 4) is 0 Å². The number of amides is 2. The molecule has 144 valence electrons. The van der Waals surface area contributed by atoms with Crippen LogP contribution in [-0.2, 0) is 16.0 Å². The van der Waals surface area contributed by atoms with Crippen molar-refractivity contribution >= 4 is 17.5 Å². The topological polar surface area (TPSA) is 61.8 Å². The Bertz CT molecular complexity index is 892. The number of nitrogens with zero attached hydrogens (tertiary/aromatic N) is 2. The van der Waals surface area contributed by atoms with Crippen LogP contribution in [0.3, 0.4) is 0 Å². The summed E-state index contributed by atoms with van der Waals surface area (Å²) in [6.45, 7) is 0.584.